The zero-order chi connectivity index (χ0) is 10.8. The van der Waals surface area contributed by atoms with Crippen molar-refractivity contribution in [2.24, 2.45) is 0 Å². The van der Waals surface area contributed by atoms with E-state index in [0.29, 0.717) is 25.1 Å². The van der Waals surface area contributed by atoms with E-state index in [-0.39, 0.29) is 6.10 Å². The van der Waals surface area contributed by atoms with Gasteiger partial charge in [0.15, 0.2) is 11.6 Å². The molecule has 0 bridgehead atoms. The Balaban J connectivity index is 2.07. The Morgan fingerprint density at radius 1 is 1.40 bits per heavy atom. The molecule has 1 aromatic rings. The largest absolute Gasteiger partial charge is 0.392 e. The lowest BCUT2D eigenvalue weighted by Gasteiger charge is -2.15. The quantitative estimate of drug-likeness (QED) is 0.805. The maximum atomic E-state index is 13.3. The molecule has 0 saturated carbocycles. The van der Waals surface area contributed by atoms with E-state index in [0.717, 1.165) is 12.6 Å². The van der Waals surface area contributed by atoms with Crippen LogP contribution >= 0.6 is 0 Å². The molecule has 1 heterocycles. The van der Waals surface area contributed by atoms with E-state index in [1.54, 1.807) is 6.07 Å². The third-order valence-electron chi connectivity index (χ3n) is 2.67. The summed E-state index contributed by atoms with van der Waals surface area (Å²) in [5.74, 6) is -1.59. The van der Waals surface area contributed by atoms with Crippen LogP contribution in [0.3, 0.4) is 0 Å². The van der Waals surface area contributed by atoms with E-state index >= 15 is 0 Å². The van der Waals surface area contributed by atoms with Gasteiger partial charge >= 0.3 is 0 Å². The molecule has 0 aromatic heterocycles. The second kappa shape index (κ2) is 4.24. The number of hydrogen-bond donors (Lipinski definition) is 1. The smallest absolute Gasteiger partial charge is 0.163 e. The van der Waals surface area contributed by atoms with Gasteiger partial charge in [-0.05, 0) is 12.5 Å². The minimum absolute atomic E-state index is 0.332. The molecular weight excluding hydrogens is 200 g/mol. The highest BCUT2D eigenvalue weighted by Gasteiger charge is 2.21. The van der Waals surface area contributed by atoms with Crippen molar-refractivity contribution in [3.63, 3.8) is 0 Å². The van der Waals surface area contributed by atoms with Gasteiger partial charge in [-0.2, -0.15) is 0 Å². The zero-order valence-electron chi connectivity index (χ0n) is 8.29. The summed E-state index contributed by atoms with van der Waals surface area (Å²) in [7, 11) is 0. The van der Waals surface area contributed by atoms with E-state index in [4.69, 9.17) is 0 Å². The fraction of sp³-hybridized carbons (Fsp3) is 0.455. The normalized spacial score (nSPS) is 22.2. The molecule has 0 radical (unpaired) electrons. The summed E-state index contributed by atoms with van der Waals surface area (Å²) >= 11 is 0. The van der Waals surface area contributed by atoms with Gasteiger partial charge in [0.25, 0.3) is 0 Å². The maximum absolute atomic E-state index is 13.3. The highest BCUT2D eigenvalue weighted by molar-refractivity contribution is 5.18. The van der Waals surface area contributed by atoms with Gasteiger partial charge in [-0.15, -0.1) is 0 Å². The summed E-state index contributed by atoms with van der Waals surface area (Å²) in [6, 6.07) is 4.18. The molecule has 1 aliphatic heterocycles. The lowest BCUT2D eigenvalue weighted by molar-refractivity contribution is 0.174. The summed E-state index contributed by atoms with van der Waals surface area (Å²) in [4.78, 5) is 1.92. The first-order valence-electron chi connectivity index (χ1n) is 5.00. The van der Waals surface area contributed by atoms with Crippen molar-refractivity contribution in [2.75, 3.05) is 13.1 Å². The third-order valence-corrected chi connectivity index (χ3v) is 2.67. The van der Waals surface area contributed by atoms with Crippen LogP contribution in [0.4, 0.5) is 8.78 Å². The van der Waals surface area contributed by atoms with Gasteiger partial charge in [0, 0.05) is 25.2 Å². The Morgan fingerprint density at radius 2 is 2.20 bits per heavy atom. The summed E-state index contributed by atoms with van der Waals surface area (Å²) in [6.45, 7) is 1.63. The number of benzene rings is 1. The number of aliphatic hydroxyl groups is 1. The second-order valence-corrected chi connectivity index (χ2v) is 3.89. The van der Waals surface area contributed by atoms with Crippen molar-refractivity contribution in [1.29, 1.82) is 0 Å². The molecule has 1 aromatic carbocycles. The van der Waals surface area contributed by atoms with Gasteiger partial charge in [0.05, 0.1) is 6.10 Å². The fourth-order valence-electron chi connectivity index (χ4n) is 1.87. The van der Waals surface area contributed by atoms with E-state index in [2.05, 4.69) is 0 Å². The summed E-state index contributed by atoms with van der Waals surface area (Å²) < 4.78 is 26.2. The molecule has 0 spiro atoms. The van der Waals surface area contributed by atoms with Crippen LogP contribution < -0.4 is 0 Å². The Labute approximate surface area is 87.1 Å². The molecule has 4 heteroatoms. The van der Waals surface area contributed by atoms with E-state index < -0.39 is 11.6 Å². The van der Waals surface area contributed by atoms with Crippen molar-refractivity contribution in [2.45, 2.75) is 19.1 Å². The Hall–Kier alpha value is -1.00. The SMILES string of the molecule is O[C@H]1CCN(Cc2cccc(F)c2F)C1. The van der Waals surface area contributed by atoms with Crippen LogP contribution in [0.1, 0.15) is 12.0 Å². The predicted molar refractivity (Wildman–Crippen MR) is 52.3 cm³/mol. The highest BCUT2D eigenvalue weighted by Crippen LogP contribution is 2.17. The molecule has 15 heavy (non-hydrogen) atoms. The first kappa shape index (κ1) is 10.5. The number of rotatable bonds is 2. The molecule has 1 fully saturated rings. The molecular formula is C11H13F2NO. The van der Waals surface area contributed by atoms with Crippen molar-refractivity contribution < 1.29 is 13.9 Å². The predicted octanol–water partition coefficient (Wildman–Crippen LogP) is 1.53. The van der Waals surface area contributed by atoms with Gasteiger partial charge in [-0.3, -0.25) is 4.90 Å². The summed E-state index contributed by atoms with van der Waals surface area (Å²) in [6.07, 6.45) is 0.373. The molecule has 1 atom stereocenters. The molecule has 2 nitrogen and oxygen atoms in total. The van der Waals surface area contributed by atoms with Crippen LogP contribution in [-0.2, 0) is 6.54 Å². The average molecular weight is 213 g/mol. The van der Waals surface area contributed by atoms with Crippen LogP contribution in [0.5, 0.6) is 0 Å². The monoisotopic (exact) mass is 213 g/mol. The Morgan fingerprint density at radius 3 is 2.87 bits per heavy atom. The third kappa shape index (κ3) is 2.33. The van der Waals surface area contributed by atoms with Crippen molar-refractivity contribution >= 4 is 0 Å². The van der Waals surface area contributed by atoms with Gasteiger partial charge in [-0.1, -0.05) is 12.1 Å². The first-order valence-corrected chi connectivity index (χ1v) is 5.00. The molecule has 82 valence electrons. The van der Waals surface area contributed by atoms with Crippen LogP contribution in [0.15, 0.2) is 18.2 Å². The van der Waals surface area contributed by atoms with Gasteiger partial charge < -0.3 is 5.11 Å². The van der Waals surface area contributed by atoms with Crippen molar-refractivity contribution in [3.05, 3.63) is 35.4 Å². The molecule has 1 N–H and O–H groups in total. The topological polar surface area (TPSA) is 23.5 Å². The Kier molecular flexibility index (Phi) is 2.98. The molecule has 2 rings (SSSR count). The second-order valence-electron chi connectivity index (χ2n) is 3.89. The lowest BCUT2D eigenvalue weighted by atomic mass is 10.2. The highest BCUT2D eigenvalue weighted by atomic mass is 19.2. The van der Waals surface area contributed by atoms with Crippen LogP contribution in [0.25, 0.3) is 0 Å². The minimum Gasteiger partial charge on any atom is -0.392 e. The van der Waals surface area contributed by atoms with E-state index in [9.17, 15) is 13.9 Å². The maximum Gasteiger partial charge on any atom is 0.163 e. The van der Waals surface area contributed by atoms with Crippen molar-refractivity contribution in [1.82, 2.24) is 4.90 Å². The number of halogens is 2. The molecule has 1 saturated heterocycles. The number of β-amino-alcohol motifs (C(OH)–C–C–N with tert-alkyl or cyclic N) is 1. The summed E-state index contributed by atoms with van der Waals surface area (Å²) in [5, 5.41) is 9.29. The molecule has 0 aliphatic carbocycles. The van der Waals surface area contributed by atoms with Gasteiger partial charge in [0.2, 0.25) is 0 Å². The summed E-state index contributed by atoms with van der Waals surface area (Å²) in [5.41, 5.74) is 0.351. The molecule has 0 amide bonds. The lowest BCUT2D eigenvalue weighted by Crippen LogP contribution is -2.22. The Bertz CT molecular complexity index is 356. The zero-order valence-corrected chi connectivity index (χ0v) is 8.29. The van der Waals surface area contributed by atoms with Gasteiger partial charge in [-0.25, -0.2) is 8.78 Å². The van der Waals surface area contributed by atoms with Crippen LogP contribution in [-0.4, -0.2) is 29.2 Å². The van der Waals surface area contributed by atoms with Crippen LogP contribution in [0, 0.1) is 11.6 Å². The van der Waals surface area contributed by atoms with Gasteiger partial charge in [0.1, 0.15) is 0 Å². The number of aliphatic hydroxyl groups excluding tert-OH is 1. The fourth-order valence-corrected chi connectivity index (χ4v) is 1.87. The standard InChI is InChI=1S/C11H13F2NO/c12-10-3-1-2-8(11(10)13)6-14-5-4-9(15)7-14/h1-3,9,15H,4-7H2/t9-/m0/s1. The molecule has 1 aliphatic rings. The average Bonchev–Trinajstić information content (AvgIpc) is 2.59. The number of likely N-dealkylation sites (tertiary alicyclic amines) is 1. The van der Waals surface area contributed by atoms with E-state index in [1.165, 1.54) is 6.07 Å². The molecule has 0 unspecified atom stereocenters. The van der Waals surface area contributed by atoms with E-state index in [1.807, 2.05) is 4.90 Å². The number of hydrogen-bond acceptors (Lipinski definition) is 2. The minimum atomic E-state index is -0.813. The van der Waals surface area contributed by atoms with Crippen LogP contribution in [0.2, 0.25) is 0 Å². The van der Waals surface area contributed by atoms with Crippen molar-refractivity contribution in [3.8, 4) is 0 Å². The first-order chi connectivity index (χ1) is 7.16. The number of nitrogens with zero attached hydrogens (tertiary/aromatic N) is 1.